The number of rotatable bonds is 3. The van der Waals surface area contributed by atoms with Crippen molar-refractivity contribution >= 4 is 29.1 Å². The van der Waals surface area contributed by atoms with E-state index in [1.807, 2.05) is 5.43 Å². The zero-order valence-electron chi connectivity index (χ0n) is 7.96. The molecule has 0 aromatic heterocycles. The summed E-state index contributed by atoms with van der Waals surface area (Å²) in [6, 6.07) is 4.74. The molecule has 0 heterocycles. The number of hydrogen-bond donors (Lipinski definition) is 2. The van der Waals surface area contributed by atoms with E-state index in [0.29, 0.717) is 15.8 Å². The molecule has 0 aliphatic heterocycles. The van der Waals surface area contributed by atoms with Gasteiger partial charge in [0.2, 0.25) is 0 Å². The number of amides is 1. The van der Waals surface area contributed by atoms with Crippen LogP contribution in [-0.2, 0) is 4.79 Å². The summed E-state index contributed by atoms with van der Waals surface area (Å²) in [7, 11) is 0. The van der Waals surface area contributed by atoms with Crippen molar-refractivity contribution in [2.75, 3.05) is 0 Å². The van der Waals surface area contributed by atoms with Gasteiger partial charge in [0.1, 0.15) is 5.75 Å². The van der Waals surface area contributed by atoms with Crippen LogP contribution < -0.4 is 16.0 Å². The SMILES string of the molecule is CC(Oc1ccc(Cl)c(Cl)c1)C(=O)NN. The zero-order chi connectivity index (χ0) is 11.4. The highest BCUT2D eigenvalue weighted by atomic mass is 35.5. The van der Waals surface area contributed by atoms with Crippen LogP contribution in [0.5, 0.6) is 5.75 Å². The predicted octanol–water partition coefficient (Wildman–Crippen LogP) is 1.75. The van der Waals surface area contributed by atoms with Crippen LogP contribution in [0.3, 0.4) is 0 Å². The molecule has 3 N–H and O–H groups in total. The van der Waals surface area contributed by atoms with Gasteiger partial charge in [-0.25, -0.2) is 5.84 Å². The van der Waals surface area contributed by atoms with Crippen molar-refractivity contribution < 1.29 is 9.53 Å². The third-order valence-electron chi connectivity index (χ3n) is 1.72. The number of benzene rings is 1. The summed E-state index contributed by atoms with van der Waals surface area (Å²) in [4.78, 5) is 11.0. The van der Waals surface area contributed by atoms with Crippen LogP contribution in [0, 0.1) is 0 Å². The zero-order valence-corrected chi connectivity index (χ0v) is 9.47. The second kappa shape index (κ2) is 5.21. The van der Waals surface area contributed by atoms with Crippen LogP contribution in [0.25, 0.3) is 0 Å². The Morgan fingerprint density at radius 3 is 2.67 bits per heavy atom. The van der Waals surface area contributed by atoms with Gasteiger partial charge in [-0.1, -0.05) is 23.2 Å². The van der Waals surface area contributed by atoms with Crippen molar-refractivity contribution in [1.29, 1.82) is 0 Å². The molecule has 15 heavy (non-hydrogen) atoms. The lowest BCUT2D eigenvalue weighted by Crippen LogP contribution is -2.40. The Kier molecular flexibility index (Phi) is 4.20. The average Bonchev–Trinajstić information content (AvgIpc) is 2.22. The molecule has 1 unspecified atom stereocenters. The lowest BCUT2D eigenvalue weighted by Gasteiger charge is -2.13. The van der Waals surface area contributed by atoms with E-state index in [2.05, 4.69) is 0 Å². The molecule has 0 aliphatic carbocycles. The van der Waals surface area contributed by atoms with E-state index in [4.69, 9.17) is 33.8 Å². The Morgan fingerprint density at radius 2 is 2.13 bits per heavy atom. The molecule has 1 atom stereocenters. The van der Waals surface area contributed by atoms with E-state index >= 15 is 0 Å². The Labute approximate surface area is 97.3 Å². The highest BCUT2D eigenvalue weighted by Gasteiger charge is 2.13. The van der Waals surface area contributed by atoms with E-state index in [-0.39, 0.29) is 0 Å². The van der Waals surface area contributed by atoms with Gasteiger partial charge in [-0.15, -0.1) is 0 Å². The molecular formula is C9H10Cl2N2O2. The third kappa shape index (κ3) is 3.27. The number of carbonyl (C=O) groups excluding carboxylic acids is 1. The summed E-state index contributed by atoms with van der Waals surface area (Å²) < 4.78 is 5.27. The first kappa shape index (κ1) is 12.1. The van der Waals surface area contributed by atoms with Crippen LogP contribution in [0.1, 0.15) is 6.92 Å². The number of nitrogens with two attached hydrogens (primary N) is 1. The first-order valence-electron chi connectivity index (χ1n) is 4.16. The molecule has 0 bridgehead atoms. The van der Waals surface area contributed by atoms with Gasteiger partial charge in [0, 0.05) is 6.07 Å². The van der Waals surface area contributed by atoms with Gasteiger partial charge in [-0.3, -0.25) is 10.2 Å². The Bertz CT molecular complexity index is 371. The smallest absolute Gasteiger partial charge is 0.274 e. The van der Waals surface area contributed by atoms with Crippen molar-refractivity contribution in [1.82, 2.24) is 5.43 Å². The summed E-state index contributed by atoms with van der Waals surface area (Å²) in [5.41, 5.74) is 1.99. The fourth-order valence-electron chi connectivity index (χ4n) is 0.925. The third-order valence-corrected chi connectivity index (χ3v) is 2.45. The van der Waals surface area contributed by atoms with Crippen molar-refractivity contribution in [2.24, 2.45) is 5.84 Å². The highest BCUT2D eigenvalue weighted by molar-refractivity contribution is 6.42. The first-order chi connectivity index (χ1) is 7.04. The minimum absolute atomic E-state index is 0.370. The van der Waals surface area contributed by atoms with E-state index in [9.17, 15) is 4.79 Å². The summed E-state index contributed by atoms with van der Waals surface area (Å²) in [6.07, 6.45) is -0.688. The molecule has 1 aromatic carbocycles. The van der Waals surface area contributed by atoms with Crippen molar-refractivity contribution in [3.8, 4) is 5.75 Å². The van der Waals surface area contributed by atoms with Gasteiger partial charge in [0.25, 0.3) is 5.91 Å². The van der Waals surface area contributed by atoms with Crippen molar-refractivity contribution in [3.63, 3.8) is 0 Å². The van der Waals surface area contributed by atoms with E-state index < -0.39 is 12.0 Å². The molecule has 0 saturated heterocycles. The maximum absolute atomic E-state index is 11.0. The Morgan fingerprint density at radius 1 is 1.47 bits per heavy atom. The maximum Gasteiger partial charge on any atom is 0.274 e. The van der Waals surface area contributed by atoms with E-state index in [1.54, 1.807) is 19.1 Å². The van der Waals surface area contributed by atoms with Crippen LogP contribution in [0.4, 0.5) is 0 Å². The summed E-state index contributed by atoms with van der Waals surface area (Å²) in [5.74, 6) is 5.00. The summed E-state index contributed by atoms with van der Waals surface area (Å²) in [5, 5.41) is 0.800. The normalized spacial score (nSPS) is 12.0. The van der Waals surface area contributed by atoms with E-state index in [0.717, 1.165) is 0 Å². The molecule has 0 aliphatic rings. The van der Waals surface area contributed by atoms with Crippen molar-refractivity contribution in [3.05, 3.63) is 28.2 Å². The Hall–Kier alpha value is -0.970. The van der Waals surface area contributed by atoms with Crippen LogP contribution >= 0.6 is 23.2 Å². The number of carbonyl (C=O) groups is 1. The average molecular weight is 249 g/mol. The fourth-order valence-corrected chi connectivity index (χ4v) is 1.21. The minimum atomic E-state index is -0.688. The number of hydrogen-bond acceptors (Lipinski definition) is 3. The molecule has 1 rings (SSSR count). The van der Waals surface area contributed by atoms with E-state index in [1.165, 1.54) is 6.07 Å². The van der Waals surface area contributed by atoms with Gasteiger partial charge in [-0.2, -0.15) is 0 Å². The summed E-state index contributed by atoms with van der Waals surface area (Å²) in [6.45, 7) is 1.57. The van der Waals surface area contributed by atoms with Gasteiger partial charge >= 0.3 is 0 Å². The van der Waals surface area contributed by atoms with Gasteiger partial charge in [-0.05, 0) is 19.1 Å². The lowest BCUT2D eigenvalue weighted by atomic mass is 10.3. The van der Waals surface area contributed by atoms with Crippen molar-refractivity contribution in [2.45, 2.75) is 13.0 Å². The van der Waals surface area contributed by atoms with Crippen LogP contribution in [0.2, 0.25) is 10.0 Å². The molecule has 0 spiro atoms. The number of hydrazine groups is 1. The number of halogens is 2. The van der Waals surface area contributed by atoms with Gasteiger partial charge < -0.3 is 4.74 Å². The largest absolute Gasteiger partial charge is 0.481 e. The first-order valence-corrected chi connectivity index (χ1v) is 4.92. The number of ether oxygens (including phenoxy) is 1. The second-order valence-corrected chi connectivity index (χ2v) is 3.66. The molecule has 1 aromatic rings. The fraction of sp³-hybridized carbons (Fsp3) is 0.222. The highest BCUT2D eigenvalue weighted by Crippen LogP contribution is 2.26. The quantitative estimate of drug-likeness (QED) is 0.487. The molecule has 0 saturated carbocycles. The minimum Gasteiger partial charge on any atom is -0.481 e. The Balaban J connectivity index is 2.73. The molecule has 0 fully saturated rings. The lowest BCUT2D eigenvalue weighted by molar-refractivity contribution is -0.127. The van der Waals surface area contributed by atoms with Gasteiger partial charge in [0.15, 0.2) is 6.10 Å². The van der Waals surface area contributed by atoms with Crippen LogP contribution in [0.15, 0.2) is 18.2 Å². The molecule has 1 amide bonds. The maximum atomic E-state index is 11.0. The molecule has 0 radical (unpaired) electrons. The molecule has 4 nitrogen and oxygen atoms in total. The molecular weight excluding hydrogens is 239 g/mol. The molecule has 82 valence electrons. The predicted molar refractivity (Wildman–Crippen MR) is 58.9 cm³/mol. The van der Waals surface area contributed by atoms with Crippen LogP contribution in [-0.4, -0.2) is 12.0 Å². The van der Waals surface area contributed by atoms with Gasteiger partial charge in [0.05, 0.1) is 10.0 Å². The standard InChI is InChI=1S/C9H10Cl2N2O2/c1-5(9(14)13-12)15-6-2-3-7(10)8(11)4-6/h2-5H,12H2,1H3,(H,13,14). The topological polar surface area (TPSA) is 64.3 Å². The summed E-state index contributed by atoms with van der Waals surface area (Å²) >= 11 is 11.5. The number of nitrogens with one attached hydrogen (secondary N) is 1. The molecule has 6 heteroatoms. The monoisotopic (exact) mass is 248 g/mol. The second-order valence-electron chi connectivity index (χ2n) is 2.84.